The highest BCUT2D eigenvalue weighted by Gasteiger charge is 2.35. The molecule has 0 spiro atoms. The maximum atomic E-state index is 12.6. The first-order valence-corrected chi connectivity index (χ1v) is 7.78. The second kappa shape index (κ2) is 5.23. The van der Waals surface area contributed by atoms with Crippen LogP contribution in [0.3, 0.4) is 0 Å². The molecule has 0 aliphatic carbocycles. The Morgan fingerprint density at radius 3 is 2.65 bits per heavy atom. The van der Waals surface area contributed by atoms with Crippen molar-refractivity contribution in [2.75, 3.05) is 32.5 Å². The number of anilines is 1. The summed E-state index contributed by atoms with van der Waals surface area (Å²) in [6.07, 6.45) is 0. The van der Waals surface area contributed by atoms with Gasteiger partial charge in [0.15, 0.2) is 0 Å². The summed E-state index contributed by atoms with van der Waals surface area (Å²) in [4.78, 5) is 0.175. The quantitative estimate of drug-likeness (QED) is 0.845. The molecular weight excluding hydrogens is 280 g/mol. The van der Waals surface area contributed by atoms with E-state index in [-0.39, 0.29) is 4.90 Å². The summed E-state index contributed by atoms with van der Waals surface area (Å²) in [5, 5.41) is 0. The van der Waals surface area contributed by atoms with E-state index in [9.17, 15) is 8.42 Å². The van der Waals surface area contributed by atoms with E-state index in [1.54, 1.807) is 6.07 Å². The van der Waals surface area contributed by atoms with Gasteiger partial charge in [-0.2, -0.15) is 4.31 Å². The van der Waals surface area contributed by atoms with E-state index in [2.05, 4.69) is 0 Å². The van der Waals surface area contributed by atoms with Gasteiger partial charge >= 0.3 is 0 Å². The SMILES string of the molecule is COc1ccc(S(=O)(=O)N2CCOC(C)(C)C2)cc1N. The van der Waals surface area contributed by atoms with Gasteiger partial charge in [0.25, 0.3) is 0 Å². The number of hydrogen-bond acceptors (Lipinski definition) is 5. The fraction of sp³-hybridized carbons (Fsp3) is 0.538. The Morgan fingerprint density at radius 1 is 1.40 bits per heavy atom. The average Bonchev–Trinajstić information content (AvgIpc) is 2.37. The van der Waals surface area contributed by atoms with Crippen LogP contribution in [0.4, 0.5) is 5.69 Å². The number of rotatable bonds is 3. The van der Waals surface area contributed by atoms with Crippen LogP contribution >= 0.6 is 0 Å². The molecule has 0 saturated carbocycles. The van der Waals surface area contributed by atoms with E-state index in [0.717, 1.165) is 0 Å². The van der Waals surface area contributed by atoms with Crippen molar-refractivity contribution < 1.29 is 17.9 Å². The van der Waals surface area contributed by atoms with Crippen molar-refractivity contribution in [2.24, 2.45) is 0 Å². The minimum absolute atomic E-state index is 0.175. The molecule has 0 bridgehead atoms. The van der Waals surface area contributed by atoms with E-state index < -0.39 is 15.6 Å². The highest BCUT2D eigenvalue weighted by atomic mass is 32.2. The topological polar surface area (TPSA) is 81.9 Å². The van der Waals surface area contributed by atoms with Crippen LogP contribution in [-0.2, 0) is 14.8 Å². The summed E-state index contributed by atoms with van der Waals surface area (Å²) in [6, 6.07) is 4.50. The molecule has 1 fully saturated rings. The van der Waals surface area contributed by atoms with Gasteiger partial charge in [-0.1, -0.05) is 0 Å². The molecule has 1 aliphatic heterocycles. The van der Waals surface area contributed by atoms with Crippen LogP contribution in [0.25, 0.3) is 0 Å². The highest BCUT2D eigenvalue weighted by Crippen LogP contribution is 2.28. The summed E-state index contributed by atoms with van der Waals surface area (Å²) in [6.45, 7) is 4.80. The van der Waals surface area contributed by atoms with Crippen LogP contribution in [0, 0.1) is 0 Å². The first-order valence-electron chi connectivity index (χ1n) is 6.34. The monoisotopic (exact) mass is 300 g/mol. The van der Waals surface area contributed by atoms with Crippen molar-refractivity contribution in [3.8, 4) is 5.75 Å². The van der Waals surface area contributed by atoms with E-state index in [0.29, 0.717) is 31.1 Å². The van der Waals surface area contributed by atoms with E-state index in [1.807, 2.05) is 13.8 Å². The molecule has 2 rings (SSSR count). The van der Waals surface area contributed by atoms with Crippen LogP contribution in [0.15, 0.2) is 23.1 Å². The Hall–Kier alpha value is -1.31. The van der Waals surface area contributed by atoms with Crippen molar-refractivity contribution in [2.45, 2.75) is 24.3 Å². The minimum atomic E-state index is -3.56. The maximum Gasteiger partial charge on any atom is 0.243 e. The van der Waals surface area contributed by atoms with Gasteiger partial charge in [0.05, 0.1) is 29.9 Å². The lowest BCUT2D eigenvalue weighted by Gasteiger charge is -2.37. The lowest BCUT2D eigenvalue weighted by Crippen LogP contribution is -2.50. The van der Waals surface area contributed by atoms with E-state index in [4.69, 9.17) is 15.2 Å². The number of morpholine rings is 1. The van der Waals surface area contributed by atoms with Gasteiger partial charge < -0.3 is 15.2 Å². The zero-order valence-corrected chi connectivity index (χ0v) is 12.7. The van der Waals surface area contributed by atoms with Crippen molar-refractivity contribution in [3.05, 3.63) is 18.2 Å². The van der Waals surface area contributed by atoms with Gasteiger partial charge in [0, 0.05) is 13.1 Å². The molecular formula is C13H20N2O4S. The van der Waals surface area contributed by atoms with Gasteiger partial charge in [-0.15, -0.1) is 0 Å². The number of ether oxygens (including phenoxy) is 2. The number of nitrogen functional groups attached to an aromatic ring is 1. The smallest absolute Gasteiger partial charge is 0.243 e. The first kappa shape index (κ1) is 15.1. The summed E-state index contributed by atoms with van der Waals surface area (Å²) < 4.78 is 37.2. The summed E-state index contributed by atoms with van der Waals surface area (Å²) >= 11 is 0. The normalized spacial score (nSPS) is 19.8. The fourth-order valence-corrected chi connectivity index (χ4v) is 3.81. The summed E-state index contributed by atoms with van der Waals surface area (Å²) in [5.41, 5.74) is 5.60. The molecule has 1 aromatic carbocycles. The first-order chi connectivity index (χ1) is 9.26. The van der Waals surface area contributed by atoms with Crippen LogP contribution < -0.4 is 10.5 Å². The second-order valence-electron chi connectivity index (χ2n) is 5.35. The van der Waals surface area contributed by atoms with Crippen molar-refractivity contribution in [1.29, 1.82) is 0 Å². The van der Waals surface area contributed by atoms with Crippen LogP contribution in [0.1, 0.15) is 13.8 Å². The van der Waals surface area contributed by atoms with Crippen molar-refractivity contribution in [1.82, 2.24) is 4.31 Å². The average molecular weight is 300 g/mol. The molecule has 7 heteroatoms. The number of nitrogens with zero attached hydrogens (tertiary/aromatic N) is 1. The minimum Gasteiger partial charge on any atom is -0.495 e. The highest BCUT2D eigenvalue weighted by molar-refractivity contribution is 7.89. The lowest BCUT2D eigenvalue weighted by molar-refractivity contribution is -0.0640. The third kappa shape index (κ3) is 2.89. The zero-order chi connectivity index (χ0) is 15.0. The molecule has 0 amide bonds. The Morgan fingerprint density at radius 2 is 2.10 bits per heavy atom. The molecule has 2 N–H and O–H groups in total. The van der Waals surface area contributed by atoms with Gasteiger partial charge in [-0.25, -0.2) is 8.42 Å². The van der Waals surface area contributed by atoms with Crippen LogP contribution in [0.5, 0.6) is 5.75 Å². The molecule has 0 radical (unpaired) electrons. The van der Waals surface area contributed by atoms with Crippen molar-refractivity contribution in [3.63, 3.8) is 0 Å². The van der Waals surface area contributed by atoms with E-state index >= 15 is 0 Å². The van der Waals surface area contributed by atoms with Crippen LogP contribution in [-0.4, -0.2) is 45.1 Å². The standard InChI is InChI=1S/C13H20N2O4S/c1-13(2)9-15(6-7-19-13)20(16,17)10-4-5-12(18-3)11(14)8-10/h4-5,8H,6-7,9,14H2,1-3H3. The van der Waals surface area contributed by atoms with Crippen LogP contribution in [0.2, 0.25) is 0 Å². The predicted octanol–water partition coefficient (Wildman–Crippen LogP) is 1.08. The number of methoxy groups -OCH3 is 1. The second-order valence-corrected chi connectivity index (χ2v) is 7.29. The molecule has 20 heavy (non-hydrogen) atoms. The third-order valence-electron chi connectivity index (χ3n) is 3.23. The molecule has 0 aromatic heterocycles. The van der Waals surface area contributed by atoms with Crippen molar-refractivity contribution >= 4 is 15.7 Å². The molecule has 1 aliphatic rings. The Bertz CT molecular complexity index is 598. The Balaban J connectivity index is 2.33. The van der Waals surface area contributed by atoms with Gasteiger partial charge in [-0.05, 0) is 32.0 Å². The molecule has 112 valence electrons. The van der Waals surface area contributed by atoms with Gasteiger partial charge in [0.2, 0.25) is 10.0 Å². The van der Waals surface area contributed by atoms with Gasteiger partial charge in [0.1, 0.15) is 5.75 Å². The fourth-order valence-electron chi connectivity index (χ4n) is 2.20. The summed E-state index contributed by atoms with van der Waals surface area (Å²) in [5.74, 6) is 0.464. The molecule has 1 saturated heterocycles. The van der Waals surface area contributed by atoms with Gasteiger partial charge in [-0.3, -0.25) is 0 Å². The zero-order valence-electron chi connectivity index (χ0n) is 11.9. The Labute approximate surface area is 119 Å². The number of hydrogen-bond donors (Lipinski definition) is 1. The predicted molar refractivity (Wildman–Crippen MR) is 76.2 cm³/mol. The molecule has 0 unspecified atom stereocenters. The Kier molecular flexibility index (Phi) is 3.95. The maximum absolute atomic E-state index is 12.6. The van der Waals surface area contributed by atoms with E-state index in [1.165, 1.54) is 23.5 Å². The molecule has 0 atom stereocenters. The number of benzene rings is 1. The molecule has 1 heterocycles. The largest absolute Gasteiger partial charge is 0.495 e. The number of sulfonamides is 1. The number of nitrogens with two attached hydrogens (primary N) is 1. The lowest BCUT2D eigenvalue weighted by atomic mass is 10.1. The molecule has 6 nitrogen and oxygen atoms in total. The third-order valence-corrected chi connectivity index (χ3v) is 5.07. The molecule has 1 aromatic rings. The summed E-state index contributed by atoms with van der Waals surface area (Å²) in [7, 11) is -2.07.